The number of nitrogens with one attached hydrogen (secondary N) is 2. The number of aryl methyl sites for hydroxylation is 2. The summed E-state index contributed by atoms with van der Waals surface area (Å²) >= 11 is 0. The molecule has 0 aliphatic carbocycles. The lowest BCUT2D eigenvalue weighted by molar-refractivity contribution is -0.146. The van der Waals surface area contributed by atoms with Gasteiger partial charge in [-0.25, -0.2) is 4.79 Å². The van der Waals surface area contributed by atoms with E-state index in [1.165, 1.54) is 4.90 Å². The van der Waals surface area contributed by atoms with Crippen LogP contribution in [0.3, 0.4) is 0 Å². The molecule has 3 unspecified atom stereocenters. The van der Waals surface area contributed by atoms with Crippen molar-refractivity contribution >= 4 is 23.8 Å². The number of hydrogen-bond acceptors (Lipinski definition) is 5. The van der Waals surface area contributed by atoms with E-state index in [0.717, 1.165) is 11.1 Å². The molecular formula is C27H44N4O5. The molecule has 0 bridgehead atoms. The van der Waals surface area contributed by atoms with Crippen molar-refractivity contribution < 1.29 is 23.9 Å². The monoisotopic (exact) mass is 504 g/mol. The lowest BCUT2D eigenvalue weighted by Gasteiger charge is -2.39. The summed E-state index contributed by atoms with van der Waals surface area (Å²) in [4.78, 5) is 53.6. The molecule has 1 aromatic carbocycles. The number of carbonyl (C=O) groups excluding carboxylic acids is 4. The molecule has 1 rings (SSSR count). The number of nitrogens with zero attached hydrogens (tertiary/aromatic N) is 1. The number of amides is 4. The first-order valence-electron chi connectivity index (χ1n) is 12.4. The predicted octanol–water partition coefficient (Wildman–Crippen LogP) is 3.66. The molecule has 0 aliphatic heterocycles. The number of alkyl carbamates (subject to hydrolysis) is 1. The topological polar surface area (TPSA) is 131 Å². The molecule has 1 aromatic rings. The number of rotatable bonds is 9. The minimum absolute atomic E-state index is 0.361. The molecule has 0 spiro atoms. The van der Waals surface area contributed by atoms with E-state index < -0.39 is 53.6 Å². The van der Waals surface area contributed by atoms with Gasteiger partial charge in [0.1, 0.15) is 17.7 Å². The van der Waals surface area contributed by atoms with Gasteiger partial charge in [0.05, 0.1) is 6.42 Å². The Bertz CT molecular complexity index is 962. The van der Waals surface area contributed by atoms with Crippen molar-refractivity contribution in [1.82, 2.24) is 15.5 Å². The molecule has 0 saturated carbocycles. The van der Waals surface area contributed by atoms with Gasteiger partial charge < -0.3 is 26.0 Å². The van der Waals surface area contributed by atoms with Gasteiger partial charge in [-0.1, -0.05) is 30.7 Å². The van der Waals surface area contributed by atoms with Gasteiger partial charge in [-0.2, -0.15) is 0 Å². The average molecular weight is 505 g/mol. The summed E-state index contributed by atoms with van der Waals surface area (Å²) in [6, 6.07) is 3.02. The van der Waals surface area contributed by atoms with Crippen molar-refractivity contribution in [2.24, 2.45) is 5.73 Å². The Morgan fingerprint density at radius 1 is 1.06 bits per heavy atom. The minimum Gasteiger partial charge on any atom is -0.444 e. The van der Waals surface area contributed by atoms with Gasteiger partial charge in [-0.15, -0.1) is 0 Å². The lowest BCUT2D eigenvalue weighted by Crippen LogP contribution is -2.57. The van der Waals surface area contributed by atoms with E-state index in [9.17, 15) is 19.2 Å². The van der Waals surface area contributed by atoms with Crippen LogP contribution in [0, 0.1) is 13.8 Å². The Morgan fingerprint density at radius 2 is 1.64 bits per heavy atom. The first-order valence-corrected chi connectivity index (χ1v) is 12.4. The molecule has 3 atom stereocenters. The van der Waals surface area contributed by atoms with E-state index in [1.54, 1.807) is 20.8 Å². The third-order valence-corrected chi connectivity index (χ3v) is 5.47. The standard InChI is InChI=1S/C27H44N4O5/c1-11-18(4)31(24(34)20(15-21(28)32)29-25(35)36-27(8,9)10)22(23(33)30-26(5,6)7)19-14-16(2)12-13-17(19)3/h12-14,18,20,22H,11,15H2,1-10H3,(H2,28,32)(H,29,35)(H,30,33). The summed E-state index contributed by atoms with van der Waals surface area (Å²) in [5.74, 6) is -1.72. The average Bonchev–Trinajstić information content (AvgIpc) is 2.69. The van der Waals surface area contributed by atoms with Gasteiger partial charge >= 0.3 is 6.09 Å². The van der Waals surface area contributed by atoms with E-state index in [0.29, 0.717) is 12.0 Å². The van der Waals surface area contributed by atoms with Crippen LogP contribution in [0.25, 0.3) is 0 Å². The molecule has 4 amide bonds. The Kier molecular flexibility index (Phi) is 10.5. The fraction of sp³-hybridized carbons (Fsp3) is 0.630. The second-order valence-electron chi connectivity index (χ2n) is 11.4. The molecular weight excluding hydrogens is 460 g/mol. The number of benzene rings is 1. The van der Waals surface area contributed by atoms with Gasteiger partial charge in [0.25, 0.3) is 0 Å². The van der Waals surface area contributed by atoms with Crippen LogP contribution in [0.4, 0.5) is 4.79 Å². The van der Waals surface area contributed by atoms with Crippen molar-refractivity contribution in [3.63, 3.8) is 0 Å². The molecule has 202 valence electrons. The van der Waals surface area contributed by atoms with Gasteiger partial charge in [0.2, 0.25) is 17.7 Å². The molecule has 9 nitrogen and oxygen atoms in total. The molecule has 0 radical (unpaired) electrons. The zero-order valence-electron chi connectivity index (χ0n) is 23.4. The van der Waals surface area contributed by atoms with Crippen LogP contribution in [0.1, 0.15) is 91.0 Å². The van der Waals surface area contributed by atoms with E-state index in [-0.39, 0.29) is 5.91 Å². The fourth-order valence-electron chi connectivity index (χ4n) is 3.74. The third-order valence-electron chi connectivity index (χ3n) is 5.47. The largest absolute Gasteiger partial charge is 0.444 e. The first-order chi connectivity index (χ1) is 16.4. The van der Waals surface area contributed by atoms with Crippen LogP contribution < -0.4 is 16.4 Å². The number of ether oxygens (including phenoxy) is 1. The number of primary amides is 1. The molecule has 4 N–H and O–H groups in total. The quantitative estimate of drug-likeness (QED) is 0.472. The van der Waals surface area contributed by atoms with Crippen LogP contribution >= 0.6 is 0 Å². The summed E-state index contributed by atoms with van der Waals surface area (Å²) in [5, 5.41) is 5.49. The highest BCUT2D eigenvalue weighted by Gasteiger charge is 2.40. The number of nitrogens with two attached hydrogens (primary N) is 1. The summed E-state index contributed by atoms with van der Waals surface area (Å²) in [6.07, 6.45) is -0.759. The molecule has 0 aromatic heterocycles. The third kappa shape index (κ3) is 9.51. The maximum Gasteiger partial charge on any atom is 0.408 e. The van der Waals surface area contributed by atoms with Crippen molar-refractivity contribution in [2.45, 2.75) is 111 Å². The normalized spacial score (nSPS) is 14.3. The van der Waals surface area contributed by atoms with Crippen LogP contribution in [-0.2, 0) is 19.1 Å². The number of carbonyl (C=O) groups is 4. The van der Waals surface area contributed by atoms with E-state index >= 15 is 0 Å². The Hall–Kier alpha value is -3.10. The molecule has 0 heterocycles. The zero-order chi connectivity index (χ0) is 28.0. The van der Waals surface area contributed by atoms with E-state index in [4.69, 9.17) is 10.5 Å². The lowest BCUT2D eigenvalue weighted by atomic mass is 9.93. The SMILES string of the molecule is CCC(C)N(C(=O)C(CC(N)=O)NC(=O)OC(C)(C)C)C(C(=O)NC(C)(C)C)c1cc(C)ccc1C. The second-order valence-corrected chi connectivity index (χ2v) is 11.4. The van der Waals surface area contributed by atoms with Crippen molar-refractivity contribution in [3.05, 3.63) is 34.9 Å². The van der Waals surface area contributed by atoms with Gasteiger partial charge in [0.15, 0.2) is 0 Å². The van der Waals surface area contributed by atoms with Crippen molar-refractivity contribution in [3.8, 4) is 0 Å². The Morgan fingerprint density at radius 3 is 2.11 bits per heavy atom. The predicted molar refractivity (Wildman–Crippen MR) is 140 cm³/mol. The Balaban J connectivity index is 3.67. The first kappa shape index (κ1) is 30.9. The second kappa shape index (κ2) is 12.2. The van der Waals surface area contributed by atoms with E-state index in [2.05, 4.69) is 10.6 Å². The maximum atomic E-state index is 14.0. The van der Waals surface area contributed by atoms with E-state index in [1.807, 2.05) is 66.7 Å². The molecule has 36 heavy (non-hydrogen) atoms. The fourth-order valence-corrected chi connectivity index (χ4v) is 3.74. The van der Waals surface area contributed by atoms with Crippen LogP contribution in [0.15, 0.2) is 18.2 Å². The summed E-state index contributed by atoms with van der Waals surface area (Å²) in [6.45, 7) is 18.2. The summed E-state index contributed by atoms with van der Waals surface area (Å²) < 4.78 is 5.31. The van der Waals surface area contributed by atoms with Crippen LogP contribution in [-0.4, -0.2) is 51.9 Å². The van der Waals surface area contributed by atoms with Crippen LogP contribution in [0.2, 0.25) is 0 Å². The zero-order valence-corrected chi connectivity index (χ0v) is 23.4. The molecule has 0 fully saturated rings. The number of hydrogen-bond donors (Lipinski definition) is 3. The smallest absolute Gasteiger partial charge is 0.408 e. The van der Waals surface area contributed by atoms with Gasteiger partial charge in [-0.3, -0.25) is 14.4 Å². The highest BCUT2D eigenvalue weighted by molar-refractivity contribution is 5.95. The summed E-state index contributed by atoms with van der Waals surface area (Å²) in [7, 11) is 0. The van der Waals surface area contributed by atoms with Gasteiger partial charge in [-0.05, 0) is 79.9 Å². The van der Waals surface area contributed by atoms with Gasteiger partial charge in [0, 0.05) is 11.6 Å². The highest BCUT2D eigenvalue weighted by Crippen LogP contribution is 2.30. The van der Waals surface area contributed by atoms with Crippen molar-refractivity contribution in [1.29, 1.82) is 0 Å². The molecule has 0 saturated heterocycles. The highest BCUT2D eigenvalue weighted by atomic mass is 16.6. The molecule has 0 aliphatic rings. The molecule has 9 heteroatoms. The van der Waals surface area contributed by atoms with Crippen molar-refractivity contribution in [2.75, 3.05) is 0 Å². The summed E-state index contributed by atoms with van der Waals surface area (Å²) in [5.41, 5.74) is 6.50. The van der Waals surface area contributed by atoms with Crippen LogP contribution in [0.5, 0.6) is 0 Å². The minimum atomic E-state index is -1.30. The maximum absolute atomic E-state index is 14.0. The Labute approximate surface area is 215 Å².